The average Bonchev–Trinajstić information content (AvgIpc) is 3.03. The van der Waals surface area contributed by atoms with Crippen molar-refractivity contribution in [2.45, 2.75) is 51.7 Å². The van der Waals surface area contributed by atoms with Gasteiger partial charge in [0.05, 0.1) is 41.0 Å². The number of nitrogens with one attached hydrogen (secondary N) is 1. The number of hydrogen-bond acceptors (Lipinski definition) is 10. The summed E-state index contributed by atoms with van der Waals surface area (Å²) in [6, 6.07) is 15.3. The molecule has 1 unspecified atom stereocenters. The SMILES string of the molecule is COc1ccc(CC2COc3cc(OC)c(OC)c(OC)c3C2=O)cc1OC(=O)[C@H](CCc1ccccc1)NC(=O)OC(C)(C)C. The number of esters is 1. The number of methoxy groups -OCH3 is 4. The highest BCUT2D eigenvalue weighted by molar-refractivity contribution is 6.05. The number of carbonyl (C=O) groups excluding carboxylic acids is 3. The minimum atomic E-state index is -1.01. The molecule has 0 aromatic heterocycles. The Bertz CT molecular complexity index is 1550. The highest BCUT2D eigenvalue weighted by atomic mass is 16.6. The van der Waals surface area contributed by atoms with Crippen LogP contribution in [0.1, 0.15) is 48.7 Å². The topological polar surface area (TPSA) is 128 Å². The molecule has 4 rings (SSSR count). The van der Waals surface area contributed by atoms with Gasteiger partial charge in [0, 0.05) is 6.07 Å². The summed E-state index contributed by atoms with van der Waals surface area (Å²) in [5.74, 6) is 0.277. The number of alkyl carbamates (subject to hydrolysis) is 1. The van der Waals surface area contributed by atoms with Crippen LogP contribution in [-0.4, -0.2) is 64.5 Å². The zero-order chi connectivity index (χ0) is 33.4. The highest BCUT2D eigenvalue weighted by Gasteiger charge is 2.36. The number of fused-ring (bicyclic) bond motifs is 1. The maximum absolute atomic E-state index is 13.7. The van der Waals surface area contributed by atoms with E-state index in [-0.39, 0.29) is 42.3 Å². The van der Waals surface area contributed by atoms with Gasteiger partial charge in [0.1, 0.15) is 23.0 Å². The molecule has 246 valence electrons. The lowest BCUT2D eigenvalue weighted by molar-refractivity contribution is -0.137. The second-order valence-corrected chi connectivity index (χ2v) is 11.7. The average molecular weight is 636 g/mol. The summed E-state index contributed by atoms with van der Waals surface area (Å²) in [5, 5.41) is 2.66. The zero-order valence-electron chi connectivity index (χ0n) is 27.3. The summed E-state index contributed by atoms with van der Waals surface area (Å²) in [4.78, 5) is 39.9. The van der Waals surface area contributed by atoms with E-state index in [0.29, 0.717) is 35.0 Å². The summed E-state index contributed by atoms with van der Waals surface area (Å²) in [7, 11) is 5.86. The van der Waals surface area contributed by atoms with Crippen LogP contribution in [0.25, 0.3) is 0 Å². The van der Waals surface area contributed by atoms with Gasteiger partial charge in [0.2, 0.25) is 5.75 Å². The summed E-state index contributed by atoms with van der Waals surface area (Å²) < 4.78 is 39.1. The number of carbonyl (C=O) groups is 3. The Labute approximate surface area is 269 Å². The van der Waals surface area contributed by atoms with Gasteiger partial charge in [0.25, 0.3) is 0 Å². The molecule has 1 heterocycles. The predicted octanol–water partition coefficient (Wildman–Crippen LogP) is 5.59. The van der Waals surface area contributed by atoms with E-state index in [1.54, 1.807) is 45.0 Å². The predicted molar refractivity (Wildman–Crippen MR) is 170 cm³/mol. The molecular formula is C35H41NO10. The number of aryl methyl sites for hydroxylation is 1. The molecule has 0 saturated carbocycles. The largest absolute Gasteiger partial charge is 0.493 e. The Hall–Kier alpha value is -4.93. The fourth-order valence-corrected chi connectivity index (χ4v) is 5.15. The van der Waals surface area contributed by atoms with E-state index in [1.165, 1.54) is 28.4 Å². The van der Waals surface area contributed by atoms with Gasteiger partial charge in [-0.1, -0.05) is 36.4 Å². The van der Waals surface area contributed by atoms with E-state index >= 15 is 0 Å². The van der Waals surface area contributed by atoms with Gasteiger partial charge in [-0.15, -0.1) is 0 Å². The number of hydrogen-bond donors (Lipinski definition) is 1. The molecule has 1 aliphatic rings. The van der Waals surface area contributed by atoms with Crippen LogP contribution in [0.5, 0.6) is 34.5 Å². The molecular weight excluding hydrogens is 594 g/mol. The molecule has 11 heteroatoms. The third-order valence-electron chi connectivity index (χ3n) is 7.31. The monoisotopic (exact) mass is 635 g/mol. The Balaban J connectivity index is 1.55. The molecule has 2 atom stereocenters. The van der Waals surface area contributed by atoms with Crippen LogP contribution in [0.2, 0.25) is 0 Å². The Kier molecular flexibility index (Phi) is 11.0. The van der Waals surface area contributed by atoms with Crippen LogP contribution in [0.4, 0.5) is 4.79 Å². The maximum atomic E-state index is 13.7. The molecule has 3 aromatic carbocycles. The quantitative estimate of drug-likeness (QED) is 0.199. The fraction of sp³-hybridized carbons (Fsp3) is 0.400. The normalized spacial score (nSPS) is 14.7. The minimum Gasteiger partial charge on any atom is -0.493 e. The van der Waals surface area contributed by atoms with E-state index in [4.69, 9.17) is 33.2 Å². The Morgan fingerprint density at radius 3 is 2.20 bits per heavy atom. The molecule has 11 nitrogen and oxygen atoms in total. The van der Waals surface area contributed by atoms with E-state index in [0.717, 1.165) is 5.56 Å². The standard InChI is InChI=1S/C35H41NO10/c1-35(2,3)46-34(39)36-24(15-13-21-11-9-8-10-12-21)33(38)45-26-18-22(14-16-25(26)40-4)17-23-20-44-27-19-28(41-5)31(42-6)32(43-7)29(27)30(23)37/h8-12,14,16,18-19,23-24H,13,15,17,20H2,1-7H3,(H,36,39)/t23?,24-/m0/s1. The Morgan fingerprint density at radius 2 is 1.57 bits per heavy atom. The molecule has 0 aliphatic carbocycles. The van der Waals surface area contributed by atoms with E-state index in [9.17, 15) is 14.4 Å². The lowest BCUT2D eigenvalue weighted by Crippen LogP contribution is -2.45. The van der Waals surface area contributed by atoms with Crippen molar-refractivity contribution in [1.82, 2.24) is 5.32 Å². The van der Waals surface area contributed by atoms with Gasteiger partial charge in [-0.25, -0.2) is 9.59 Å². The maximum Gasteiger partial charge on any atom is 0.408 e. The fourth-order valence-electron chi connectivity index (χ4n) is 5.15. The number of rotatable bonds is 12. The first-order valence-electron chi connectivity index (χ1n) is 14.9. The minimum absolute atomic E-state index is 0.118. The molecule has 46 heavy (non-hydrogen) atoms. The smallest absolute Gasteiger partial charge is 0.408 e. The Morgan fingerprint density at radius 1 is 0.870 bits per heavy atom. The molecule has 0 saturated heterocycles. The van der Waals surface area contributed by atoms with Gasteiger partial charge in [-0.2, -0.15) is 0 Å². The van der Waals surface area contributed by atoms with Gasteiger partial charge in [-0.3, -0.25) is 4.79 Å². The highest BCUT2D eigenvalue weighted by Crippen LogP contribution is 2.47. The van der Waals surface area contributed by atoms with Crippen molar-refractivity contribution in [2.24, 2.45) is 5.92 Å². The molecule has 1 aliphatic heterocycles. The molecule has 1 amide bonds. The van der Waals surface area contributed by atoms with Gasteiger partial charge < -0.3 is 38.5 Å². The van der Waals surface area contributed by atoms with Crippen LogP contribution >= 0.6 is 0 Å². The lowest BCUT2D eigenvalue weighted by atomic mass is 9.88. The van der Waals surface area contributed by atoms with Crippen molar-refractivity contribution < 1.29 is 47.5 Å². The van der Waals surface area contributed by atoms with Crippen molar-refractivity contribution in [1.29, 1.82) is 0 Å². The first-order valence-corrected chi connectivity index (χ1v) is 14.9. The first-order chi connectivity index (χ1) is 22.0. The van der Waals surface area contributed by atoms with Gasteiger partial charge in [-0.05, 0) is 63.3 Å². The second-order valence-electron chi connectivity index (χ2n) is 11.7. The van der Waals surface area contributed by atoms with Crippen molar-refractivity contribution >= 4 is 17.8 Å². The first kappa shape index (κ1) is 34.0. The summed E-state index contributed by atoms with van der Waals surface area (Å²) in [5.41, 5.74) is 1.22. The van der Waals surface area contributed by atoms with Crippen LogP contribution < -0.4 is 33.7 Å². The zero-order valence-corrected chi connectivity index (χ0v) is 27.3. The van der Waals surface area contributed by atoms with Crippen LogP contribution in [0.3, 0.4) is 0 Å². The van der Waals surface area contributed by atoms with Crippen molar-refractivity contribution in [3.8, 4) is 34.5 Å². The van der Waals surface area contributed by atoms with E-state index in [1.807, 2.05) is 30.3 Å². The molecule has 0 spiro atoms. The van der Waals surface area contributed by atoms with Crippen molar-refractivity contribution in [2.75, 3.05) is 35.0 Å². The van der Waals surface area contributed by atoms with Crippen LogP contribution in [-0.2, 0) is 22.4 Å². The molecule has 3 aromatic rings. The van der Waals surface area contributed by atoms with E-state index < -0.39 is 29.6 Å². The summed E-state index contributed by atoms with van der Waals surface area (Å²) in [6.45, 7) is 5.34. The lowest BCUT2D eigenvalue weighted by Gasteiger charge is -2.27. The second kappa shape index (κ2) is 14.9. The third kappa shape index (κ3) is 8.21. The van der Waals surface area contributed by atoms with Crippen LogP contribution in [0, 0.1) is 5.92 Å². The van der Waals surface area contributed by atoms with Gasteiger partial charge >= 0.3 is 12.1 Å². The molecule has 0 fully saturated rings. The van der Waals surface area contributed by atoms with Crippen molar-refractivity contribution in [3.05, 3.63) is 71.3 Å². The summed E-state index contributed by atoms with van der Waals surface area (Å²) in [6.07, 6.45) is 0.327. The molecule has 0 bridgehead atoms. The molecule has 1 N–H and O–H groups in total. The summed E-state index contributed by atoms with van der Waals surface area (Å²) >= 11 is 0. The number of benzene rings is 3. The van der Waals surface area contributed by atoms with E-state index in [2.05, 4.69) is 5.32 Å². The van der Waals surface area contributed by atoms with Crippen molar-refractivity contribution in [3.63, 3.8) is 0 Å². The molecule has 0 radical (unpaired) electrons. The number of Topliss-reactive ketones (excluding diaryl/α,β-unsaturated/α-hetero) is 1. The number of ether oxygens (including phenoxy) is 7. The number of amides is 1. The van der Waals surface area contributed by atoms with Crippen LogP contribution in [0.15, 0.2) is 54.6 Å². The number of ketones is 1. The third-order valence-corrected chi connectivity index (χ3v) is 7.31. The van der Waals surface area contributed by atoms with Gasteiger partial charge in [0.15, 0.2) is 28.8 Å².